The minimum absolute atomic E-state index is 0. The van der Waals surface area contributed by atoms with E-state index in [0.717, 1.165) is 5.56 Å². The van der Waals surface area contributed by atoms with Crippen LogP contribution in [0.25, 0.3) is 0 Å². The molecule has 1 N–H and O–H groups in total. The number of amides is 1. The minimum atomic E-state index is -0.913. The molecule has 1 atom stereocenters. The molecule has 0 bridgehead atoms. The maximum atomic E-state index is 13.1. The molecule has 0 spiro atoms. The van der Waals surface area contributed by atoms with Gasteiger partial charge in [-0.25, -0.2) is 9.18 Å². The average Bonchev–Trinajstić information content (AvgIpc) is 3.36. The predicted molar refractivity (Wildman–Crippen MR) is 113 cm³/mol. The van der Waals surface area contributed by atoms with E-state index < -0.39 is 11.7 Å². The van der Waals surface area contributed by atoms with Crippen LogP contribution in [0.4, 0.5) is 14.9 Å². The van der Waals surface area contributed by atoms with E-state index in [1.807, 2.05) is 18.2 Å². The van der Waals surface area contributed by atoms with E-state index in [-0.39, 0.29) is 31.1 Å². The van der Waals surface area contributed by atoms with E-state index in [1.165, 1.54) is 17.0 Å². The van der Waals surface area contributed by atoms with Gasteiger partial charge in [-0.2, -0.15) is 0 Å². The zero-order valence-electron chi connectivity index (χ0n) is 16.8. The fraction of sp³-hybridized carbons (Fsp3) is 0.409. The second kappa shape index (κ2) is 8.53. The van der Waals surface area contributed by atoms with Crippen molar-refractivity contribution in [1.29, 1.82) is 0 Å². The highest BCUT2D eigenvalue weighted by molar-refractivity contribution is 5.89. The van der Waals surface area contributed by atoms with Gasteiger partial charge in [0.25, 0.3) is 0 Å². The lowest BCUT2D eigenvalue weighted by Crippen LogP contribution is -2.45. The van der Waals surface area contributed by atoms with E-state index in [1.54, 1.807) is 12.1 Å². The van der Waals surface area contributed by atoms with E-state index in [4.69, 9.17) is 14.2 Å². The van der Waals surface area contributed by atoms with E-state index in [2.05, 4.69) is 4.90 Å². The lowest BCUT2D eigenvalue weighted by atomic mass is 9.84. The molecule has 0 aliphatic carbocycles. The molecule has 0 radical (unpaired) electrons. The molecule has 3 aliphatic rings. The Labute approximate surface area is 185 Å². The van der Waals surface area contributed by atoms with Crippen LogP contribution < -0.4 is 14.4 Å². The number of piperidine rings is 1. The van der Waals surface area contributed by atoms with Crippen molar-refractivity contribution >= 4 is 24.2 Å². The maximum Gasteiger partial charge on any atom is 0.414 e. The number of nitrogens with zero attached hydrogens (tertiary/aromatic N) is 2. The topological polar surface area (TPSA) is 71.5 Å². The highest BCUT2D eigenvalue weighted by Gasteiger charge is 2.38. The molecule has 0 saturated carbocycles. The Morgan fingerprint density at radius 3 is 2.52 bits per heavy atom. The zero-order chi connectivity index (χ0) is 20.7. The van der Waals surface area contributed by atoms with Crippen LogP contribution >= 0.6 is 12.4 Å². The van der Waals surface area contributed by atoms with Crippen LogP contribution in [0, 0.1) is 5.82 Å². The highest BCUT2D eigenvalue weighted by Crippen LogP contribution is 2.39. The number of anilines is 1. The normalized spacial score (nSPS) is 22.2. The lowest BCUT2D eigenvalue weighted by Gasteiger charge is -2.39. The third-order valence-electron chi connectivity index (χ3n) is 6.07. The number of carbonyl (C=O) groups is 1. The molecule has 2 saturated heterocycles. The molecule has 3 aliphatic heterocycles. The van der Waals surface area contributed by atoms with Gasteiger partial charge in [-0.15, -0.1) is 12.4 Å². The Balaban J connectivity index is 0.00000231. The number of benzene rings is 2. The van der Waals surface area contributed by atoms with Crippen molar-refractivity contribution in [3.63, 3.8) is 0 Å². The molecule has 7 nitrogen and oxygen atoms in total. The smallest absolute Gasteiger partial charge is 0.414 e. The van der Waals surface area contributed by atoms with Crippen LogP contribution in [-0.2, 0) is 10.3 Å². The summed E-state index contributed by atoms with van der Waals surface area (Å²) in [5.41, 5.74) is 0.546. The van der Waals surface area contributed by atoms with Gasteiger partial charge in [-0.1, -0.05) is 6.07 Å². The SMILES string of the molecule is Cl.O=C1O[C@@H](CN2CCC(O)(c3ccc4c(c3)OCO4)CC2)CN1c1ccc(F)cc1. The Hall–Kier alpha value is -2.55. The van der Waals surface area contributed by atoms with Crippen molar-refractivity contribution in [1.82, 2.24) is 4.90 Å². The third kappa shape index (κ3) is 4.28. The molecule has 2 fully saturated rings. The number of rotatable bonds is 4. The van der Waals surface area contributed by atoms with Crippen LogP contribution in [0.1, 0.15) is 18.4 Å². The summed E-state index contributed by atoms with van der Waals surface area (Å²) in [6.07, 6.45) is 0.476. The van der Waals surface area contributed by atoms with Crippen molar-refractivity contribution in [3.8, 4) is 11.5 Å². The second-order valence-electron chi connectivity index (χ2n) is 7.99. The average molecular weight is 451 g/mol. The number of cyclic esters (lactones) is 1. The summed E-state index contributed by atoms with van der Waals surface area (Å²) < 4.78 is 29.4. The molecule has 0 unspecified atom stereocenters. The molecule has 2 aromatic carbocycles. The Bertz CT molecular complexity index is 949. The number of fused-ring (bicyclic) bond motifs is 1. The number of likely N-dealkylation sites (tertiary alicyclic amines) is 1. The molecule has 5 rings (SSSR count). The summed E-state index contributed by atoms with van der Waals surface area (Å²) in [5, 5.41) is 11.2. The molecule has 31 heavy (non-hydrogen) atoms. The Morgan fingerprint density at radius 1 is 1.06 bits per heavy atom. The van der Waals surface area contributed by atoms with Gasteiger partial charge in [0.1, 0.15) is 11.9 Å². The van der Waals surface area contributed by atoms with Gasteiger partial charge in [0.05, 0.1) is 12.1 Å². The second-order valence-corrected chi connectivity index (χ2v) is 7.99. The van der Waals surface area contributed by atoms with Crippen molar-refractivity contribution in [2.24, 2.45) is 0 Å². The number of hydrogen-bond acceptors (Lipinski definition) is 6. The van der Waals surface area contributed by atoms with Crippen LogP contribution in [-0.4, -0.2) is 55.2 Å². The van der Waals surface area contributed by atoms with Crippen LogP contribution in [0.15, 0.2) is 42.5 Å². The molecular weight excluding hydrogens is 427 g/mol. The largest absolute Gasteiger partial charge is 0.454 e. The van der Waals surface area contributed by atoms with E-state index in [0.29, 0.717) is 56.2 Å². The van der Waals surface area contributed by atoms with Gasteiger partial charge in [-0.3, -0.25) is 9.80 Å². The number of carbonyl (C=O) groups excluding carboxylic acids is 1. The van der Waals surface area contributed by atoms with E-state index >= 15 is 0 Å². The first-order valence-corrected chi connectivity index (χ1v) is 10.1. The lowest BCUT2D eigenvalue weighted by molar-refractivity contribution is -0.0325. The van der Waals surface area contributed by atoms with Crippen LogP contribution in [0.3, 0.4) is 0 Å². The van der Waals surface area contributed by atoms with Gasteiger partial charge >= 0.3 is 6.09 Å². The van der Waals surface area contributed by atoms with Crippen molar-refractivity contribution in [3.05, 3.63) is 53.8 Å². The first-order chi connectivity index (χ1) is 14.5. The Kier molecular flexibility index (Phi) is 5.96. The van der Waals surface area contributed by atoms with Crippen molar-refractivity contribution in [2.75, 3.05) is 37.9 Å². The number of hydrogen-bond donors (Lipinski definition) is 1. The zero-order valence-corrected chi connectivity index (χ0v) is 17.6. The van der Waals surface area contributed by atoms with Gasteiger partial charge in [0.15, 0.2) is 11.5 Å². The molecule has 1 amide bonds. The van der Waals surface area contributed by atoms with Gasteiger partial charge in [-0.05, 0) is 54.8 Å². The van der Waals surface area contributed by atoms with Crippen molar-refractivity contribution < 1.29 is 28.5 Å². The molecule has 0 aromatic heterocycles. The number of ether oxygens (including phenoxy) is 3. The molecule has 166 valence electrons. The summed E-state index contributed by atoms with van der Waals surface area (Å²) >= 11 is 0. The van der Waals surface area contributed by atoms with Gasteiger partial charge in [0, 0.05) is 25.3 Å². The van der Waals surface area contributed by atoms with Crippen LogP contribution in [0.2, 0.25) is 0 Å². The monoisotopic (exact) mass is 450 g/mol. The molecule has 9 heteroatoms. The maximum absolute atomic E-state index is 13.1. The van der Waals surface area contributed by atoms with E-state index in [9.17, 15) is 14.3 Å². The summed E-state index contributed by atoms with van der Waals surface area (Å²) in [4.78, 5) is 15.9. The van der Waals surface area contributed by atoms with Crippen molar-refractivity contribution in [2.45, 2.75) is 24.5 Å². The van der Waals surface area contributed by atoms with Crippen LogP contribution in [0.5, 0.6) is 11.5 Å². The van der Waals surface area contributed by atoms with Gasteiger partial charge in [0.2, 0.25) is 6.79 Å². The predicted octanol–water partition coefficient (Wildman–Crippen LogP) is 3.29. The molecule has 2 aromatic rings. The fourth-order valence-corrected chi connectivity index (χ4v) is 4.32. The summed E-state index contributed by atoms with van der Waals surface area (Å²) in [7, 11) is 0. The summed E-state index contributed by atoms with van der Waals surface area (Å²) in [6, 6.07) is 11.4. The number of aliphatic hydroxyl groups is 1. The summed E-state index contributed by atoms with van der Waals surface area (Å²) in [5.74, 6) is 1.03. The van der Waals surface area contributed by atoms with Gasteiger partial charge < -0.3 is 19.3 Å². The molecule has 3 heterocycles. The summed E-state index contributed by atoms with van der Waals surface area (Å²) in [6.45, 7) is 2.61. The standard InChI is InChI=1S/C22H23FN2O5.ClH/c23-16-2-4-17(5-3-16)25-13-18(30-21(25)26)12-24-9-7-22(27,8-10-24)15-1-6-19-20(11-15)29-14-28-19;/h1-6,11,18,27H,7-10,12-14H2;1H/t18-;/m0./s1. The third-order valence-corrected chi connectivity index (χ3v) is 6.07. The fourth-order valence-electron chi connectivity index (χ4n) is 4.32. The highest BCUT2D eigenvalue weighted by atomic mass is 35.5. The quantitative estimate of drug-likeness (QED) is 0.770. The Morgan fingerprint density at radius 2 is 1.77 bits per heavy atom. The minimum Gasteiger partial charge on any atom is -0.454 e. The molecular formula is C22H24ClFN2O5. The first kappa shape index (κ1) is 21.7. The number of halogens is 2. The first-order valence-electron chi connectivity index (χ1n) is 10.1.